The van der Waals surface area contributed by atoms with Crippen LogP contribution >= 0.6 is 0 Å². The molecule has 2 saturated heterocycles. The first kappa shape index (κ1) is 16.6. The van der Waals surface area contributed by atoms with Gasteiger partial charge in [0.15, 0.2) is 6.04 Å². The summed E-state index contributed by atoms with van der Waals surface area (Å²) in [5.74, 6) is -0.688. The van der Waals surface area contributed by atoms with Crippen molar-refractivity contribution in [2.75, 3.05) is 24.6 Å². The number of likely N-dealkylation sites (tertiary alicyclic amines) is 1. The Kier molecular flexibility index (Phi) is 4.94. The standard InChI is InChI=1S/C18H22N2O4/c1-2-24-18(23)13-6-8-14(9-7-13)20-16(21)12-15(17(20)22)19-10-4-3-5-11-19/h6-9,15H,2-5,10-12H2,1H3/p+1. The van der Waals surface area contributed by atoms with Gasteiger partial charge in [-0.1, -0.05) is 0 Å². The number of imide groups is 1. The molecule has 0 aliphatic carbocycles. The molecular formula is C18H23N2O4+. The second kappa shape index (κ2) is 7.13. The first-order chi connectivity index (χ1) is 11.6. The van der Waals surface area contributed by atoms with Crippen molar-refractivity contribution in [2.24, 2.45) is 0 Å². The Morgan fingerprint density at radius 2 is 1.83 bits per heavy atom. The van der Waals surface area contributed by atoms with E-state index in [9.17, 15) is 14.4 Å². The number of benzene rings is 1. The fourth-order valence-electron chi connectivity index (χ4n) is 3.54. The Labute approximate surface area is 141 Å². The Bertz CT molecular complexity index is 635. The van der Waals surface area contributed by atoms with E-state index < -0.39 is 5.97 Å². The maximum absolute atomic E-state index is 12.7. The quantitative estimate of drug-likeness (QED) is 0.647. The number of amides is 2. The number of ether oxygens (including phenoxy) is 1. The molecule has 6 heteroatoms. The highest BCUT2D eigenvalue weighted by molar-refractivity contribution is 6.21. The summed E-state index contributed by atoms with van der Waals surface area (Å²) in [5, 5.41) is 0. The third-order valence-corrected chi connectivity index (χ3v) is 4.77. The molecule has 0 radical (unpaired) electrons. The summed E-state index contributed by atoms with van der Waals surface area (Å²) in [6.07, 6.45) is 3.70. The molecule has 1 unspecified atom stereocenters. The topological polar surface area (TPSA) is 68.1 Å². The number of anilines is 1. The molecule has 2 amide bonds. The molecule has 2 aliphatic rings. The molecule has 1 atom stereocenters. The van der Waals surface area contributed by atoms with Gasteiger partial charge in [0.05, 0.1) is 37.4 Å². The molecule has 0 spiro atoms. The van der Waals surface area contributed by atoms with Gasteiger partial charge in [0.2, 0.25) is 5.91 Å². The molecule has 0 saturated carbocycles. The highest BCUT2D eigenvalue weighted by Gasteiger charge is 2.45. The number of carbonyl (C=O) groups excluding carboxylic acids is 3. The van der Waals surface area contributed by atoms with Gasteiger partial charge < -0.3 is 9.64 Å². The minimum atomic E-state index is -0.404. The number of carbonyl (C=O) groups is 3. The lowest BCUT2D eigenvalue weighted by atomic mass is 10.1. The van der Waals surface area contributed by atoms with Crippen LogP contribution in [-0.4, -0.2) is 43.5 Å². The highest BCUT2D eigenvalue weighted by atomic mass is 16.5. The van der Waals surface area contributed by atoms with Gasteiger partial charge in [-0.25, -0.2) is 9.69 Å². The number of nitrogens with zero attached hydrogens (tertiary/aromatic N) is 1. The lowest BCUT2D eigenvalue weighted by molar-refractivity contribution is -0.919. The molecule has 3 rings (SSSR count). The van der Waals surface area contributed by atoms with Crippen molar-refractivity contribution in [3.05, 3.63) is 29.8 Å². The van der Waals surface area contributed by atoms with Crippen LogP contribution < -0.4 is 9.80 Å². The molecule has 1 aromatic carbocycles. The van der Waals surface area contributed by atoms with Crippen molar-refractivity contribution >= 4 is 23.5 Å². The number of piperidine rings is 1. The zero-order chi connectivity index (χ0) is 17.1. The molecule has 1 aromatic rings. The van der Waals surface area contributed by atoms with Crippen molar-refractivity contribution in [3.63, 3.8) is 0 Å². The molecule has 2 aliphatic heterocycles. The molecule has 6 nitrogen and oxygen atoms in total. The van der Waals surface area contributed by atoms with Crippen LogP contribution in [0.4, 0.5) is 5.69 Å². The third-order valence-electron chi connectivity index (χ3n) is 4.77. The molecule has 1 N–H and O–H groups in total. The second-order valence-corrected chi connectivity index (χ2v) is 6.31. The maximum atomic E-state index is 12.7. The average molecular weight is 331 g/mol. The molecule has 0 aromatic heterocycles. The van der Waals surface area contributed by atoms with Gasteiger partial charge in [-0.05, 0) is 50.5 Å². The average Bonchev–Trinajstić information content (AvgIpc) is 2.90. The monoisotopic (exact) mass is 331 g/mol. The van der Waals surface area contributed by atoms with Crippen LogP contribution in [-0.2, 0) is 14.3 Å². The Hall–Kier alpha value is -2.21. The molecule has 0 bridgehead atoms. The zero-order valence-corrected chi connectivity index (χ0v) is 13.9. The van der Waals surface area contributed by atoms with Crippen molar-refractivity contribution in [1.29, 1.82) is 0 Å². The van der Waals surface area contributed by atoms with Crippen molar-refractivity contribution in [3.8, 4) is 0 Å². The van der Waals surface area contributed by atoms with Gasteiger partial charge in [0.25, 0.3) is 5.91 Å². The first-order valence-corrected chi connectivity index (χ1v) is 8.60. The number of nitrogens with one attached hydrogen (secondary N) is 1. The van der Waals surface area contributed by atoms with Gasteiger partial charge in [0, 0.05) is 0 Å². The fraction of sp³-hybridized carbons (Fsp3) is 0.500. The summed E-state index contributed by atoms with van der Waals surface area (Å²) < 4.78 is 4.94. The van der Waals surface area contributed by atoms with Crippen LogP contribution in [0.15, 0.2) is 24.3 Å². The van der Waals surface area contributed by atoms with Gasteiger partial charge in [-0.2, -0.15) is 0 Å². The third kappa shape index (κ3) is 3.19. The normalized spacial score (nSPS) is 22.0. The lowest BCUT2D eigenvalue weighted by Gasteiger charge is -2.27. The Morgan fingerprint density at radius 1 is 1.17 bits per heavy atom. The van der Waals surface area contributed by atoms with Crippen LogP contribution in [0, 0.1) is 0 Å². The Balaban J connectivity index is 1.75. The van der Waals surface area contributed by atoms with Gasteiger partial charge >= 0.3 is 5.97 Å². The van der Waals surface area contributed by atoms with E-state index in [1.165, 1.54) is 16.2 Å². The molecule has 24 heavy (non-hydrogen) atoms. The van der Waals surface area contributed by atoms with E-state index in [1.54, 1.807) is 31.2 Å². The minimum Gasteiger partial charge on any atom is -0.462 e. The minimum absolute atomic E-state index is 0.124. The van der Waals surface area contributed by atoms with E-state index in [4.69, 9.17) is 4.74 Å². The Morgan fingerprint density at radius 3 is 2.46 bits per heavy atom. The summed E-state index contributed by atoms with van der Waals surface area (Å²) in [7, 11) is 0. The number of hydrogen-bond acceptors (Lipinski definition) is 4. The SMILES string of the molecule is CCOC(=O)c1ccc(N2C(=O)CC([NH+]3CCCCC3)C2=O)cc1. The van der Waals surface area contributed by atoms with Crippen LogP contribution in [0.25, 0.3) is 0 Å². The fourth-order valence-corrected chi connectivity index (χ4v) is 3.54. The van der Waals surface area contributed by atoms with Crippen LogP contribution in [0.3, 0.4) is 0 Å². The van der Waals surface area contributed by atoms with Crippen molar-refractivity contribution in [1.82, 2.24) is 0 Å². The summed E-state index contributed by atoms with van der Waals surface area (Å²) in [4.78, 5) is 39.3. The summed E-state index contributed by atoms with van der Waals surface area (Å²) >= 11 is 0. The number of esters is 1. The van der Waals surface area contributed by atoms with Crippen LogP contribution in [0.1, 0.15) is 43.0 Å². The van der Waals surface area contributed by atoms with Gasteiger partial charge in [-0.3, -0.25) is 9.59 Å². The van der Waals surface area contributed by atoms with E-state index >= 15 is 0 Å². The molecule has 2 heterocycles. The lowest BCUT2D eigenvalue weighted by Crippen LogP contribution is -3.17. The first-order valence-electron chi connectivity index (χ1n) is 8.60. The second-order valence-electron chi connectivity index (χ2n) is 6.31. The number of quaternary nitrogens is 1. The van der Waals surface area contributed by atoms with E-state index in [0.717, 1.165) is 25.9 Å². The summed E-state index contributed by atoms with van der Waals surface area (Å²) in [5.41, 5.74) is 0.940. The predicted molar refractivity (Wildman–Crippen MR) is 87.8 cm³/mol. The van der Waals surface area contributed by atoms with Gasteiger partial charge in [0.1, 0.15) is 0 Å². The molecule has 2 fully saturated rings. The largest absolute Gasteiger partial charge is 0.462 e. The van der Waals surface area contributed by atoms with Crippen molar-refractivity contribution in [2.45, 2.75) is 38.6 Å². The van der Waals surface area contributed by atoms with Gasteiger partial charge in [-0.15, -0.1) is 0 Å². The van der Waals surface area contributed by atoms with E-state index in [-0.39, 0.29) is 24.3 Å². The van der Waals surface area contributed by atoms with E-state index in [0.29, 0.717) is 17.9 Å². The summed E-state index contributed by atoms with van der Waals surface area (Å²) in [6.45, 7) is 3.97. The number of hydrogen-bond donors (Lipinski definition) is 1. The smallest absolute Gasteiger partial charge is 0.338 e. The van der Waals surface area contributed by atoms with Crippen molar-refractivity contribution < 1.29 is 24.0 Å². The summed E-state index contributed by atoms with van der Waals surface area (Å²) in [6, 6.07) is 6.19. The van der Waals surface area contributed by atoms with Crippen LogP contribution in [0.2, 0.25) is 0 Å². The van der Waals surface area contributed by atoms with E-state index in [1.807, 2.05) is 0 Å². The molecular weight excluding hydrogens is 308 g/mol. The predicted octanol–water partition coefficient (Wildman–Crippen LogP) is 0.564. The van der Waals surface area contributed by atoms with E-state index in [2.05, 4.69) is 0 Å². The molecule has 128 valence electrons. The van der Waals surface area contributed by atoms with Crippen LogP contribution in [0.5, 0.6) is 0 Å². The maximum Gasteiger partial charge on any atom is 0.338 e. The zero-order valence-electron chi connectivity index (χ0n) is 13.9. The number of rotatable bonds is 4. The highest BCUT2D eigenvalue weighted by Crippen LogP contribution is 2.23.